The number of hydrogen-bond donors (Lipinski definition) is 2. The Balaban J connectivity index is 3.79. The number of amides is 1. The number of quaternary nitrogens is 1. The fourth-order valence-corrected chi connectivity index (χ4v) is 10.1. The zero-order chi connectivity index (χ0) is 53.5. The van der Waals surface area contributed by atoms with E-state index in [9.17, 15) is 19.4 Å². The number of unbranched alkanes of at least 4 members (excludes halogenated alkanes) is 39. The van der Waals surface area contributed by atoms with Crippen LogP contribution in [0.1, 0.15) is 303 Å². The van der Waals surface area contributed by atoms with Crippen molar-refractivity contribution in [1.82, 2.24) is 5.32 Å². The third-order valence-corrected chi connectivity index (χ3v) is 15.2. The number of carbonyl (C=O) groups is 1. The third kappa shape index (κ3) is 58.0. The quantitative estimate of drug-likeness (QED) is 0.0272. The summed E-state index contributed by atoms with van der Waals surface area (Å²) in [4.78, 5) is 25.4. The van der Waals surface area contributed by atoms with Gasteiger partial charge >= 0.3 is 0 Å². The number of nitrogens with zero attached hydrogens (tertiary/aromatic N) is 1. The molecule has 0 aromatic carbocycles. The van der Waals surface area contributed by atoms with Crippen molar-refractivity contribution in [1.29, 1.82) is 0 Å². The molecule has 2 N–H and O–H groups in total. The second-order valence-corrected chi connectivity index (χ2v) is 24.2. The van der Waals surface area contributed by atoms with E-state index in [4.69, 9.17) is 9.05 Å². The van der Waals surface area contributed by atoms with E-state index in [-0.39, 0.29) is 19.1 Å². The number of aliphatic hydroxyl groups excluding tert-OH is 1. The highest BCUT2D eigenvalue weighted by Gasteiger charge is 2.23. The highest BCUT2D eigenvalue weighted by atomic mass is 31.2. The van der Waals surface area contributed by atoms with Gasteiger partial charge in [0.05, 0.1) is 39.9 Å². The molecule has 0 rings (SSSR count). The molecule has 0 bridgehead atoms. The number of carbonyl (C=O) groups excluding carboxylic acids is 1. The third-order valence-electron chi connectivity index (χ3n) is 14.3. The van der Waals surface area contributed by atoms with Crippen molar-refractivity contribution in [3.8, 4) is 0 Å². The Kier molecular flexibility index (Phi) is 54.1. The van der Waals surface area contributed by atoms with Gasteiger partial charge in [-0.05, 0) is 57.8 Å². The van der Waals surface area contributed by atoms with Crippen molar-refractivity contribution in [2.45, 2.75) is 315 Å². The minimum absolute atomic E-state index is 0.000303. The van der Waals surface area contributed by atoms with Gasteiger partial charge in [0, 0.05) is 6.42 Å². The maximum absolute atomic E-state index is 12.9. The first-order valence-electron chi connectivity index (χ1n) is 31.5. The minimum atomic E-state index is -4.59. The first-order valence-corrected chi connectivity index (χ1v) is 33.0. The van der Waals surface area contributed by atoms with Crippen molar-refractivity contribution in [2.75, 3.05) is 40.9 Å². The molecule has 0 aliphatic rings. The summed E-state index contributed by atoms with van der Waals surface area (Å²) in [6, 6.07) is -0.883. The zero-order valence-electron chi connectivity index (χ0n) is 49.1. The second kappa shape index (κ2) is 55.2. The van der Waals surface area contributed by atoms with Crippen LogP contribution in [-0.4, -0.2) is 68.5 Å². The Morgan fingerprint density at radius 1 is 0.479 bits per heavy atom. The fraction of sp³-hybridized carbons (Fsp3) is 0.859. The van der Waals surface area contributed by atoms with Crippen LogP contribution in [0.3, 0.4) is 0 Å². The van der Waals surface area contributed by atoms with E-state index in [2.05, 4.69) is 55.6 Å². The Labute approximate surface area is 454 Å². The molecule has 0 radical (unpaired) electrons. The molecule has 1 amide bonds. The van der Waals surface area contributed by atoms with Gasteiger partial charge in [0.25, 0.3) is 7.82 Å². The Morgan fingerprint density at radius 3 is 1.15 bits per heavy atom. The number of likely N-dealkylation sites (N-methyl/N-ethyl adjacent to an activating group) is 1. The van der Waals surface area contributed by atoms with Crippen molar-refractivity contribution >= 4 is 13.7 Å². The van der Waals surface area contributed by atoms with Gasteiger partial charge in [-0.15, -0.1) is 0 Å². The molecule has 3 atom stereocenters. The van der Waals surface area contributed by atoms with E-state index >= 15 is 0 Å². The summed E-state index contributed by atoms with van der Waals surface area (Å²) in [6.07, 6.45) is 73.9. The Bertz CT molecular complexity index is 1330. The summed E-state index contributed by atoms with van der Waals surface area (Å²) in [5, 5.41) is 13.8. The van der Waals surface area contributed by atoms with E-state index in [1.807, 2.05) is 27.2 Å². The molecular weight excluding hydrogens is 924 g/mol. The van der Waals surface area contributed by atoms with Crippen LogP contribution in [-0.2, 0) is 18.4 Å². The van der Waals surface area contributed by atoms with Gasteiger partial charge in [-0.25, -0.2) is 0 Å². The normalized spacial score (nSPS) is 14.1. The van der Waals surface area contributed by atoms with Crippen LogP contribution in [0.4, 0.5) is 0 Å². The summed E-state index contributed by atoms with van der Waals surface area (Å²) in [5.41, 5.74) is 0. The number of allylic oxidation sites excluding steroid dienone is 7. The molecule has 430 valence electrons. The van der Waals surface area contributed by atoms with Crippen LogP contribution in [0.15, 0.2) is 48.6 Å². The molecule has 0 aliphatic carbocycles. The number of phosphoric ester groups is 1. The molecule has 0 saturated heterocycles. The lowest BCUT2D eigenvalue weighted by Crippen LogP contribution is -2.45. The lowest BCUT2D eigenvalue weighted by Gasteiger charge is -2.29. The van der Waals surface area contributed by atoms with E-state index in [1.165, 1.54) is 231 Å². The first kappa shape index (κ1) is 71.5. The van der Waals surface area contributed by atoms with E-state index in [0.29, 0.717) is 17.4 Å². The van der Waals surface area contributed by atoms with E-state index < -0.39 is 20.0 Å². The summed E-state index contributed by atoms with van der Waals surface area (Å²) >= 11 is 0. The van der Waals surface area contributed by atoms with Crippen LogP contribution in [0.2, 0.25) is 0 Å². The topological polar surface area (TPSA) is 108 Å². The lowest BCUT2D eigenvalue weighted by atomic mass is 10.0. The van der Waals surface area contributed by atoms with E-state index in [0.717, 1.165) is 51.4 Å². The van der Waals surface area contributed by atoms with Gasteiger partial charge < -0.3 is 28.8 Å². The van der Waals surface area contributed by atoms with Gasteiger partial charge in [0.2, 0.25) is 5.91 Å². The average Bonchev–Trinajstić information content (AvgIpc) is 3.35. The maximum atomic E-state index is 12.9. The number of rotatable bonds is 58. The van der Waals surface area contributed by atoms with Crippen molar-refractivity contribution in [2.24, 2.45) is 0 Å². The summed E-state index contributed by atoms with van der Waals surface area (Å²) in [6.45, 7) is 4.63. The molecule has 0 aromatic heterocycles. The lowest BCUT2D eigenvalue weighted by molar-refractivity contribution is -0.870. The van der Waals surface area contributed by atoms with Crippen molar-refractivity contribution < 1.29 is 32.9 Å². The Morgan fingerprint density at radius 2 is 0.795 bits per heavy atom. The highest BCUT2D eigenvalue weighted by Crippen LogP contribution is 2.38. The molecule has 73 heavy (non-hydrogen) atoms. The Hall–Kier alpha value is -1.54. The SMILES string of the molecule is CCCCCCC/C=C\C/C=C\C/C=C\CCCCCCCCCCCCCCCCCCCCCCCCCCCCC(=O)NC(COP(=O)([O-])OCC[N+](C)(C)C)C(O)/C=C/CCCCCCCCCC. The van der Waals surface area contributed by atoms with E-state index in [1.54, 1.807) is 6.08 Å². The second-order valence-electron chi connectivity index (χ2n) is 22.8. The van der Waals surface area contributed by atoms with Crippen molar-refractivity contribution in [3.05, 3.63) is 48.6 Å². The summed E-state index contributed by atoms with van der Waals surface area (Å²) in [7, 11) is 1.27. The first-order chi connectivity index (χ1) is 35.5. The maximum Gasteiger partial charge on any atom is 0.268 e. The molecular formula is C64H123N2O6P. The zero-order valence-corrected chi connectivity index (χ0v) is 50.0. The van der Waals surface area contributed by atoms with Crippen LogP contribution < -0.4 is 10.2 Å². The predicted octanol–water partition coefficient (Wildman–Crippen LogP) is 18.9. The molecule has 0 spiro atoms. The summed E-state index contributed by atoms with van der Waals surface area (Å²) in [5.74, 6) is -0.195. The average molecular weight is 1050 g/mol. The monoisotopic (exact) mass is 1050 g/mol. The van der Waals surface area contributed by atoms with Crippen LogP contribution in [0.5, 0.6) is 0 Å². The van der Waals surface area contributed by atoms with Gasteiger partial charge in [0.1, 0.15) is 13.2 Å². The minimum Gasteiger partial charge on any atom is -0.756 e. The molecule has 8 nitrogen and oxygen atoms in total. The molecule has 0 saturated carbocycles. The van der Waals surface area contributed by atoms with Gasteiger partial charge in [-0.3, -0.25) is 9.36 Å². The molecule has 0 aliphatic heterocycles. The molecule has 0 aromatic rings. The predicted molar refractivity (Wildman–Crippen MR) is 316 cm³/mol. The van der Waals surface area contributed by atoms with Crippen LogP contribution in [0, 0.1) is 0 Å². The largest absolute Gasteiger partial charge is 0.756 e. The van der Waals surface area contributed by atoms with Crippen molar-refractivity contribution in [3.63, 3.8) is 0 Å². The van der Waals surface area contributed by atoms with Gasteiger partial charge in [0.15, 0.2) is 0 Å². The molecule has 0 fully saturated rings. The summed E-state index contributed by atoms with van der Waals surface area (Å²) < 4.78 is 23.3. The number of phosphoric acid groups is 1. The van der Waals surface area contributed by atoms with Crippen LogP contribution in [0.25, 0.3) is 0 Å². The smallest absolute Gasteiger partial charge is 0.268 e. The van der Waals surface area contributed by atoms with Gasteiger partial charge in [-0.2, -0.15) is 0 Å². The number of aliphatic hydroxyl groups is 1. The number of hydrogen-bond acceptors (Lipinski definition) is 6. The number of nitrogens with one attached hydrogen (secondary N) is 1. The standard InChI is InChI=1S/C64H123N2O6P/c1-6-8-10-12-14-16-18-19-20-21-22-23-24-25-26-27-28-29-30-31-32-33-34-35-36-37-38-39-40-41-42-43-44-45-46-47-48-50-52-54-56-58-64(68)65-62(61-72-73(69,70)71-60-59-66(3,4)5)63(67)57-55-53-51-49-17-15-13-11-9-7-2/h18-19,21-22,24-25,55,57,62-63,67H,6-17,20,23,26-54,56,58-61H2,1-5H3,(H-,65,68,69,70)/b19-18-,22-21-,25-24-,57-55+. The highest BCUT2D eigenvalue weighted by molar-refractivity contribution is 7.45. The molecule has 0 heterocycles. The fourth-order valence-electron chi connectivity index (χ4n) is 9.34. The van der Waals surface area contributed by atoms with Crippen LogP contribution >= 0.6 is 7.82 Å². The molecule has 3 unspecified atom stereocenters. The molecule has 9 heteroatoms. The van der Waals surface area contributed by atoms with Gasteiger partial charge in [-0.1, -0.05) is 287 Å².